The molecule has 0 bridgehead atoms. The molecule has 130 valence electrons. The first-order valence-corrected chi connectivity index (χ1v) is 8.61. The minimum Gasteiger partial charge on any atom is -0.545 e. The van der Waals surface area contributed by atoms with Gasteiger partial charge < -0.3 is 9.90 Å². The van der Waals surface area contributed by atoms with Crippen molar-refractivity contribution in [2.24, 2.45) is 0 Å². The number of benzene rings is 2. The van der Waals surface area contributed by atoms with Crippen LogP contribution in [0.2, 0.25) is 10.0 Å². The Hall–Kier alpha value is -2.63. The van der Waals surface area contributed by atoms with Crippen molar-refractivity contribution in [1.82, 2.24) is 9.55 Å². The number of hydrogen-bond acceptors (Lipinski definition) is 4. The Morgan fingerprint density at radius 3 is 2.73 bits per heavy atom. The van der Waals surface area contributed by atoms with Crippen molar-refractivity contribution in [3.05, 3.63) is 73.7 Å². The smallest absolute Gasteiger partial charge is 0.261 e. The summed E-state index contributed by atoms with van der Waals surface area (Å²) in [5.41, 5.74) is 1.75. The molecular weight excluding hydrogens is 375 g/mol. The van der Waals surface area contributed by atoms with Crippen LogP contribution in [0.15, 0.2) is 41.2 Å². The van der Waals surface area contributed by atoms with Gasteiger partial charge in [-0.25, -0.2) is 4.98 Å². The molecule has 3 aromatic rings. The molecule has 1 aliphatic heterocycles. The number of rotatable bonds is 2. The van der Waals surface area contributed by atoms with Gasteiger partial charge in [0, 0.05) is 16.6 Å². The number of aromatic nitrogens is 2. The van der Waals surface area contributed by atoms with E-state index in [0.29, 0.717) is 39.7 Å². The number of nitrogens with zero attached hydrogens (tertiary/aromatic N) is 2. The van der Waals surface area contributed by atoms with Gasteiger partial charge in [0.1, 0.15) is 5.82 Å². The molecule has 0 radical (unpaired) electrons. The first kappa shape index (κ1) is 16.8. The zero-order valence-corrected chi connectivity index (χ0v) is 14.8. The van der Waals surface area contributed by atoms with Crippen molar-refractivity contribution in [2.45, 2.75) is 13.0 Å². The number of aromatic carboxylic acids is 1. The van der Waals surface area contributed by atoms with E-state index < -0.39 is 5.97 Å². The molecule has 0 spiro atoms. The largest absolute Gasteiger partial charge is 0.545 e. The van der Waals surface area contributed by atoms with Crippen molar-refractivity contribution in [3.63, 3.8) is 0 Å². The molecule has 0 unspecified atom stereocenters. The molecule has 0 fully saturated rings. The molecule has 0 N–H and O–H groups in total. The van der Waals surface area contributed by atoms with Gasteiger partial charge >= 0.3 is 0 Å². The Balaban J connectivity index is 1.90. The third-order valence-corrected chi connectivity index (χ3v) is 4.94. The first-order chi connectivity index (χ1) is 12.4. The molecule has 0 aliphatic carbocycles. The highest BCUT2D eigenvalue weighted by atomic mass is 35.5. The van der Waals surface area contributed by atoms with E-state index in [9.17, 15) is 14.7 Å². The van der Waals surface area contributed by atoms with Gasteiger partial charge in [0.2, 0.25) is 0 Å². The van der Waals surface area contributed by atoms with Gasteiger partial charge in [0.25, 0.3) is 5.56 Å². The lowest BCUT2D eigenvalue weighted by Crippen LogP contribution is -2.23. The molecule has 1 aliphatic rings. The van der Waals surface area contributed by atoms with E-state index in [2.05, 4.69) is 4.98 Å². The van der Waals surface area contributed by atoms with Crippen molar-refractivity contribution >= 4 is 51.7 Å². The summed E-state index contributed by atoms with van der Waals surface area (Å²) >= 11 is 12.2. The van der Waals surface area contributed by atoms with Gasteiger partial charge in [-0.3, -0.25) is 9.36 Å². The lowest BCUT2D eigenvalue weighted by atomic mass is 10.1. The Morgan fingerprint density at radius 2 is 2.00 bits per heavy atom. The number of carboxylic acid groups (broad SMARTS) is 1. The lowest BCUT2D eigenvalue weighted by molar-refractivity contribution is -0.255. The summed E-state index contributed by atoms with van der Waals surface area (Å²) in [6.07, 6.45) is 2.50. The van der Waals surface area contributed by atoms with Crippen LogP contribution in [0.25, 0.3) is 22.6 Å². The Bertz CT molecular complexity index is 1170. The topological polar surface area (TPSA) is 75.0 Å². The van der Waals surface area contributed by atoms with Crippen molar-refractivity contribution in [1.29, 1.82) is 0 Å². The molecule has 0 amide bonds. The summed E-state index contributed by atoms with van der Waals surface area (Å²) in [5, 5.41) is 12.5. The van der Waals surface area contributed by atoms with Crippen LogP contribution in [0.5, 0.6) is 0 Å². The quantitative estimate of drug-likeness (QED) is 0.679. The van der Waals surface area contributed by atoms with E-state index in [1.807, 2.05) is 6.08 Å². The van der Waals surface area contributed by atoms with Gasteiger partial charge in [0.15, 0.2) is 0 Å². The van der Waals surface area contributed by atoms with E-state index >= 15 is 0 Å². The summed E-state index contributed by atoms with van der Waals surface area (Å²) in [5.74, 6) is -0.790. The SMILES string of the molecule is O=C([O-])c1ccc2c(=O)n3c(nc2c1)/C(=C/c1ccc(Cl)cc1Cl)CC3. The number of allylic oxidation sites excluding steroid dienone is 1. The highest BCUT2D eigenvalue weighted by molar-refractivity contribution is 6.35. The van der Waals surface area contributed by atoms with Crippen molar-refractivity contribution < 1.29 is 9.90 Å². The third-order valence-electron chi connectivity index (χ3n) is 4.38. The Morgan fingerprint density at radius 1 is 1.19 bits per heavy atom. The molecule has 5 nitrogen and oxygen atoms in total. The Labute approximate surface area is 158 Å². The zero-order chi connectivity index (χ0) is 18.4. The average Bonchev–Trinajstić information content (AvgIpc) is 3.00. The normalized spacial score (nSPS) is 14.8. The van der Waals surface area contributed by atoms with Crippen LogP contribution in [-0.2, 0) is 6.54 Å². The molecule has 0 saturated carbocycles. The van der Waals surface area contributed by atoms with Crippen LogP contribution in [-0.4, -0.2) is 15.5 Å². The van der Waals surface area contributed by atoms with Crippen LogP contribution in [0.3, 0.4) is 0 Å². The van der Waals surface area contributed by atoms with Crippen LogP contribution in [0.1, 0.15) is 28.2 Å². The van der Waals surface area contributed by atoms with E-state index in [4.69, 9.17) is 23.2 Å². The number of halogens is 2. The number of carbonyl (C=O) groups is 1. The van der Waals surface area contributed by atoms with E-state index in [1.165, 1.54) is 18.2 Å². The number of carbonyl (C=O) groups excluding carboxylic acids is 1. The molecule has 0 atom stereocenters. The second-order valence-electron chi connectivity index (χ2n) is 6.00. The van der Waals surface area contributed by atoms with Crippen LogP contribution in [0, 0.1) is 0 Å². The van der Waals surface area contributed by atoms with E-state index in [1.54, 1.807) is 22.8 Å². The fourth-order valence-electron chi connectivity index (χ4n) is 3.09. The van der Waals surface area contributed by atoms with Crippen LogP contribution < -0.4 is 10.7 Å². The summed E-state index contributed by atoms with van der Waals surface area (Å²) in [7, 11) is 0. The molecule has 2 aromatic carbocycles. The molecule has 4 rings (SSSR count). The van der Waals surface area contributed by atoms with E-state index in [-0.39, 0.29) is 11.1 Å². The fourth-order valence-corrected chi connectivity index (χ4v) is 3.55. The summed E-state index contributed by atoms with van der Waals surface area (Å²) in [4.78, 5) is 28.3. The maximum atomic E-state index is 12.7. The van der Waals surface area contributed by atoms with Crippen molar-refractivity contribution in [2.75, 3.05) is 0 Å². The first-order valence-electron chi connectivity index (χ1n) is 7.86. The minimum atomic E-state index is -1.31. The minimum absolute atomic E-state index is 0.0152. The third kappa shape index (κ3) is 2.79. The average molecular weight is 386 g/mol. The van der Waals surface area contributed by atoms with Gasteiger partial charge in [-0.05, 0) is 53.5 Å². The van der Waals surface area contributed by atoms with Crippen LogP contribution >= 0.6 is 23.2 Å². The molecular formula is C19H11Cl2N2O3-. The number of carboxylic acids is 1. The lowest BCUT2D eigenvalue weighted by Gasteiger charge is -2.08. The van der Waals surface area contributed by atoms with Crippen molar-refractivity contribution in [3.8, 4) is 0 Å². The number of fused-ring (bicyclic) bond motifs is 2. The predicted molar refractivity (Wildman–Crippen MR) is 99.3 cm³/mol. The van der Waals surface area contributed by atoms with Gasteiger partial charge in [-0.1, -0.05) is 35.3 Å². The van der Waals surface area contributed by atoms with Gasteiger partial charge in [-0.2, -0.15) is 0 Å². The van der Waals surface area contributed by atoms with Gasteiger partial charge in [-0.15, -0.1) is 0 Å². The zero-order valence-electron chi connectivity index (χ0n) is 13.3. The van der Waals surface area contributed by atoms with E-state index in [0.717, 1.165) is 11.1 Å². The summed E-state index contributed by atoms with van der Waals surface area (Å²) in [6.45, 7) is 0.510. The molecule has 26 heavy (non-hydrogen) atoms. The molecule has 1 aromatic heterocycles. The summed E-state index contributed by atoms with van der Waals surface area (Å²) < 4.78 is 1.59. The second-order valence-corrected chi connectivity index (χ2v) is 6.84. The highest BCUT2D eigenvalue weighted by Crippen LogP contribution is 2.30. The molecule has 7 heteroatoms. The highest BCUT2D eigenvalue weighted by Gasteiger charge is 2.21. The predicted octanol–water partition coefficient (Wildman–Crippen LogP) is 3.01. The Kier molecular flexibility index (Phi) is 4.05. The van der Waals surface area contributed by atoms with Gasteiger partial charge in [0.05, 0.1) is 16.9 Å². The standard InChI is InChI=1S/C19H12Cl2N2O3/c20-13-3-1-10(15(21)9-13)7-11-5-6-23-17(11)22-16-8-12(19(25)26)2-4-14(16)18(23)24/h1-4,7-9H,5-6H2,(H,25,26)/p-1/b11-7+. The molecule has 2 heterocycles. The maximum absolute atomic E-state index is 12.7. The summed E-state index contributed by atoms with van der Waals surface area (Å²) in [6, 6.07) is 9.37. The monoisotopic (exact) mass is 385 g/mol. The molecule has 0 saturated heterocycles. The number of hydrogen-bond donors (Lipinski definition) is 0. The second kappa shape index (κ2) is 6.27. The fraction of sp³-hybridized carbons (Fsp3) is 0.105. The van der Waals surface area contributed by atoms with Crippen LogP contribution in [0.4, 0.5) is 0 Å². The maximum Gasteiger partial charge on any atom is 0.261 e.